The summed E-state index contributed by atoms with van der Waals surface area (Å²) >= 11 is 0. The van der Waals surface area contributed by atoms with Gasteiger partial charge in [-0.3, -0.25) is 0 Å². The Morgan fingerprint density at radius 2 is 1.56 bits per heavy atom. The molecule has 0 saturated heterocycles. The predicted molar refractivity (Wildman–Crippen MR) is 66.0 cm³/mol. The summed E-state index contributed by atoms with van der Waals surface area (Å²) in [6.45, 7) is 6.33. The van der Waals surface area contributed by atoms with Gasteiger partial charge in [0.15, 0.2) is 0 Å². The number of rotatable bonds is 2. The van der Waals surface area contributed by atoms with E-state index in [4.69, 9.17) is 4.74 Å². The van der Waals surface area contributed by atoms with Crippen LogP contribution in [0.4, 0.5) is 0 Å². The SMILES string of the molecule is Cc1ccc(Oc2cc[c]cc2)c(C)c1C. The zero-order valence-corrected chi connectivity index (χ0v) is 9.87. The van der Waals surface area contributed by atoms with E-state index in [0.717, 1.165) is 11.5 Å². The average molecular weight is 211 g/mol. The first-order chi connectivity index (χ1) is 7.68. The van der Waals surface area contributed by atoms with Crippen LogP contribution in [0, 0.1) is 26.8 Å². The van der Waals surface area contributed by atoms with E-state index < -0.39 is 0 Å². The first-order valence-corrected chi connectivity index (χ1v) is 5.39. The zero-order valence-electron chi connectivity index (χ0n) is 9.87. The molecule has 2 rings (SSSR count). The second kappa shape index (κ2) is 4.40. The summed E-state index contributed by atoms with van der Waals surface area (Å²) in [4.78, 5) is 0. The molecule has 0 aliphatic carbocycles. The van der Waals surface area contributed by atoms with Crippen molar-refractivity contribution in [1.29, 1.82) is 0 Å². The Bertz CT molecular complexity index is 486. The lowest BCUT2D eigenvalue weighted by atomic mass is 10.0. The van der Waals surface area contributed by atoms with Crippen LogP contribution in [0.3, 0.4) is 0 Å². The number of aryl methyl sites for hydroxylation is 1. The van der Waals surface area contributed by atoms with Gasteiger partial charge in [0.05, 0.1) is 0 Å². The fourth-order valence-electron chi connectivity index (χ4n) is 1.61. The highest BCUT2D eigenvalue weighted by molar-refractivity contribution is 5.44. The van der Waals surface area contributed by atoms with Crippen LogP contribution >= 0.6 is 0 Å². The summed E-state index contributed by atoms with van der Waals surface area (Å²) in [5.41, 5.74) is 3.79. The first-order valence-electron chi connectivity index (χ1n) is 5.39. The maximum Gasteiger partial charge on any atom is 0.130 e. The number of benzene rings is 2. The van der Waals surface area contributed by atoms with E-state index in [2.05, 4.69) is 32.9 Å². The lowest BCUT2D eigenvalue weighted by molar-refractivity contribution is 0.478. The molecule has 0 heterocycles. The van der Waals surface area contributed by atoms with Gasteiger partial charge in [0.2, 0.25) is 0 Å². The molecule has 0 fully saturated rings. The third-order valence-corrected chi connectivity index (χ3v) is 2.92. The Labute approximate surface area is 96.7 Å². The minimum absolute atomic E-state index is 0.852. The van der Waals surface area contributed by atoms with Crippen molar-refractivity contribution < 1.29 is 4.74 Å². The quantitative estimate of drug-likeness (QED) is 0.723. The highest BCUT2D eigenvalue weighted by Gasteiger charge is 2.05. The number of hydrogen-bond donors (Lipinski definition) is 0. The van der Waals surface area contributed by atoms with E-state index in [0.29, 0.717) is 0 Å². The fraction of sp³-hybridized carbons (Fsp3) is 0.200. The molecular formula is C15H15O. The van der Waals surface area contributed by atoms with E-state index in [9.17, 15) is 0 Å². The molecule has 0 N–H and O–H groups in total. The van der Waals surface area contributed by atoms with Crippen LogP contribution in [0.5, 0.6) is 11.5 Å². The molecule has 81 valence electrons. The van der Waals surface area contributed by atoms with Crippen molar-refractivity contribution in [2.24, 2.45) is 0 Å². The van der Waals surface area contributed by atoms with Crippen molar-refractivity contribution in [2.45, 2.75) is 20.8 Å². The van der Waals surface area contributed by atoms with E-state index in [1.807, 2.05) is 30.3 Å². The van der Waals surface area contributed by atoms with Gasteiger partial charge in [-0.1, -0.05) is 18.2 Å². The highest BCUT2D eigenvalue weighted by atomic mass is 16.5. The predicted octanol–water partition coefficient (Wildman–Crippen LogP) is 4.20. The zero-order chi connectivity index (χ0) is 11.5. The highest BCUT2D eigenvalue weighted by Crippen LogP contribution is 2.28. The van der Waals surface area contributed by atoms with Gasteiger partial charge in [0.25, 0.3) is 0 Å². The maximum absolute atomic E-state index is 5.82. The molecule has 0 atom stereocenters. The fourth-order valence-corrected chi connectivity index (χ4v) is 1.61. The second-order valence-corrected chi connectivity index (χ2v) is 3.97. The van der Waals surface area contributed by atoms with Gasteiger partial charge >= 0.3 is 0 Å². The third kappa shape index (κ3) is 2.08. The van der Waals surface area contributed by atoms with E-state index >= 15 is 0 Å². The van der Waals surface area contributed by atoms with Crippen LogP contribution in [-0.2, 0) is 0 Å². The van der Waals surface area contributed by atoms with Gasteiger partial charge in [0, 0.05) is 0 Å². The molecule has 1 heteroatoms. The summed E-state index contributed by atoms with van der Waals surface area (Å²) < 4.78 is 5.82. The smallest absolute Gasteiger partial charge is 0.130 e. The molecule has 0 aromatic heterocycles. The van der Waals surface area contributed by atoms with Crippen LogP contribution in [0.2, 0.25) is 0 Å². The molecule has 2 aromatic rings. The Morgan fingerprint density at radius 1 is 0.875 bits per heavy atom. The Morgan fingerprint density at radius 3 is 2.25 bits per heavy atom. The van der Waals surface area contributed by atoms with Gasteiger partial charge < -0.3 is 4.74 Å². The number of hydrogen-bond acceptors (Lipinski definition) is 1. The van der Waals surface area contributed by atoms with Gasteiger partial charge in [-0.2, -0.15) is 0 Å². The van der Waals surface area contributed by atoms with Gasteiger partial charge in [-0.25, -0.2) is 0 Å². The van der Waals surface area contributed by atoms with Crippen molar-refractivity contribution in [3.63, 3.8) is 0 Å². The second-order valence-electron chi connectivity index (χ2n) is 3.97. The molecule has 1 nitrogen and oxygen atoms in total. The Hall–Kier alpha value is -1.76. The molecule has 16 heavy (non-hydrogen) atoms. The summed E-state index contributed by atoms with van der Waals surface area (Å²) in [5.74, 6) is 1.78. The summed E-state index contributed by atoms with van der Waals surface area (Å²) in [7, 11) is 0. The van der Waals surface area contributed by atoms with Gasteiger partial charge in [0.1, 0.15) is 11.5 Å². The van der Waals surface area contributed by atoms with Gasteiger partial charge in [-0.05, 0) is 61.7 Å². The number of ether oxygens (including phenoxy) is 1. The van der Waals surface area contributed by atoms with E-state index in [1.165, 1.54) is 16.7 Å². The van der Waals surface area contributed by atoms with Crippen LogP contribution in [0.25, 0.3) is 0 Å². The average Bonchev–Trinajstić information content (AvgIpc) is 2.31. The Balaban J connectivity index is 2.33. The third-order valence-electron chi connectivity index (χ3n) is 2.92. The molecule has 0 saturated carbocycles. The lowest BCUT2D eigenvalue weighted by Crippen LogP contribution is -1.92. The first kappa shape index (κ1) is 10.7. The van der Waals surface area contributed by atoms with Crippen molar-refractivity contribution in [2.75, 3.05) is 0 Å². The van der Waals surface area contributed by atoms with Crippen molar-refractivity contribution in [3.05, 3.63) is 59.2 Å². The summed E-state index contributed by atoms with van der Waals surface area (Å²) in [5, 5.41) is 0. The molecule has 0 bridgehead atoms. The van der Waals surface area contributed by atoms with Gasteiger partial charge in [-0.15, -0.1) is 0 Å². The molecule has 0 spiro atoms. The minimum Gasteiger partial charge on any atom is -0.457 e. The minimum atomic E-state index is 0.852. The van der Waals surface area contributed by atoms with Crippen molar-refractivity contribution in [1.82, 2.24) is 0 Å². The molecule has 0 unspecified atom stereocenters. The molecule has 0 aliphatic heterocycles. The Kier molecular flexibility index (Phi) is 2.95. The largest absolute Gasteiger partial charge is 0.457 e. The molecular weight excluding hydrogens is 196 g/mol. The normalized spacial score (nSPS) is 10.2. The van der Waals surface area contributed by atoms with E-state index in [-0.39, 0.29) is 0 Å². The van der Waals surface area contributed by atoms with Crippen molar-refractivity contribution in [3.8, 4) is 11.5 Å². The summed E-state index contributed by atoms with van der Waals surface area (Å²) in [6, 6.07) is 14.6. The maximum atomic E-state index is 5.82. The van der Waals surface area contributed by atoms with Crippen LogP contribution in [0.15, 0.2) is 36.4 Å². The van der Waals surface area contributed by atoms with Crippen molar-refractivity contribution >= 4 is 0 Å². The van der Waals surface area contributed by atoms with Crippen LogP contribution < -0.4 is 4.74 Å². The monoisotopic (exact) mass is 211 g/mol. The van der Waals surface area contributed by atoms with Crippen LogP contribution in [0.1, 0.15) is 16.7 Å². The topological polar surface area (TPSA) is 9.23 Å². The molecule has 2 aromatic carbocycles. The molecule has 1 radical (unpaired) electrons. The molecule has 0 aliphatic rings. The molecule has 0 amide bonds. The lowest BCUT2D eigenvalue weighted by Gasteiger charge is -2.12. The summed E-state index contributed by atoms with van der Waals surface area (Å²) in [6.07, 6.45) is 0. The standard InChI is InChI=1S/C15H15O/c1-11-9-10-15(13(3)12(11)2)16-14-7-5-4-6-8-14/h5-10H,1-3H3. The van der Waals surface area contributed by atoms with E-state index in [1.54, 1.807) is 0 Å². The van der Waals surface area contributed by atoms with Crippen LogP contribution in [-0.4, -0.2) is 0 Å².